The van der Waals surface area contributed by atoms with Crippen LogP contribution in [0.2, 0.25) is 0 Å². The number of aliphatic carboxylic acids is 1. The van der Waals surface area contributed by atoms with Crippen molar-refractivity contribution in [2.24, 2.45) is 0 Å². The number of nitrogens with zero attached hydrogens (tertiary/aromatic N) is 1. The highest BCUT2D eigenvalue weighted by Gasteiger charge is 2.19. The van der Waals surface area contributed by atoms with Gasteiger partial charge < -0.3 is 15.3 Å². The molecule has 0 saturated carbocycles. The molecular formula is C15H22N2O3. The number of benzene rings is 1. The number of carbonyl (C=O) groups is 2. The average molecular weight is 278 g/mol. The summed E-state index contributed by atoms with van der Waals surface area (Å²) < 4.78 is 0. The van der Waals surface area contributed by atoms with Crippen molar-refractivity contribution in [3.05, 3.63) is 35.4 Å². The fourth-order valence-electron chi connectivity index (χ4n) is 1.91. The highest BCUT2D eigenvalue weighted by Crippen LogP contribution is 2.07. The summed E-state index contributed by atoms with van der Waals surface area (Å²) in [5.41, 5.74) is 1.59. The fourth-order valence-corrected chi connectivity index (χ4v) is 1.91. The van der Waals surface area contributed by atoms with Crippen LogP contribution in [0.4, 0.5) is 0 Å². The molecule has 1 atom stereocenters. The van der Waals surface area contributed by atoms with E-state index in [0.29, 0.717) is 18.4 Å². The largest absolute Gasteiger partial charge is 0.480 e. The lowest BCUT2D eigenvalue weighted by atomic mass is 10.1. The van der Waals surface area contributed by atoms with Gasteiger partial charge in [-0.25, -0.2) is 4.79 Å². The van der Waals surface area contributed by atoms with Crippen LogP contribution in [0.3, 0.4) is 0 Å². The second kappa shape index (κ2) is 7.65. The maximum Gasteiger partial charge on any atom is 0.326 e. The predicted octanol–water partition coefficient (Wildman–Crippen LogP) is 1.73. The molecule has 110 valence electrons. The van der Waals surface area contributed by atoms with Gasteiger partial charge in [-0.3, -0.25) is 4.79 Å². The van der Waals surface area contributed by atoms with E-state index in [9.17, 15) is 9.59 Å². The van der Waals surface area contributed by atoms with Crippen molar-refractivity contribution < 1.29 is 14.7 Å². The molecule has 0 aliphatic rings. The molecule has 1 aromatic carbocycles. The van der Waals surface area contributed by atoms with E-state index in [1.54, 1.807) is 12.1 Å². The summed E-state index contributed by atoms with van der Waals surface area (Å²) in [5.74, 6) is -1.34. The topological polar surface area (TPSA) is 69.6 Å². The molecule has 0 aromatic heterocycles. The normalized spacial score (nSPS) is 12.2. The van der Waals surface area contributed by atoms with E-state index in [0.717, 1.165) is 12.1 Å². The van der Waals surface area contributed by atoms with Crippen LogP contribution in [0.15, 0.2) is 24.3 Å². The molecule has 2 N–H and O–H groups in total. The summed E-state index contributed by atoms with van der Waals surface area (Å²) in [6.07, 6.45) is 1.14. The van der Waals surface area contributed by atoms with Gasteiger partial charge in [0.05, 0.1) is 0 Å². The van der Waals surface area contributed by atoms with Gasteiger partial charge in [0.2, 0.25) is 0 Å². The number of amides is 1. The lowest BCUT2D eigenvalue weighted by Gasteiger charge is -2.14. The van der Waals surface area contributed by atoms with Crippen molar-refractivity contribution in [2.45, 2.75) is 32.4 Å². The summed E-state index contributed by atoms with van der Waals surface area (Å²) in [4.78, 5) is 25.0. The quantitative estimate of drug-likeness (QED) is 0.797. The van der Waals surface area contributed by atoms with E-state index in [4.69, 9.17) is 5.11 Å². The van der Waals surface area contributed by atoms with Gasteiger partial charge in [0.25, 0.3) is 5.91 Å². The van der Waals surface area contributed by atoms with Crippen LogP contribution in [0.1, 0.15) is 35.7 Å². The van der Waals surface area contributed by atoms with Gasteiger partial charge in [0.1, 0.15) is 6.04 Å². The van der Waals surface area contributed by atoms with Gasteiger partial charge in [-0.15, -0.1) is 0 Å². The molecule has 0 aliphatic carbocycles. The van der Waals surface area contributed by atoms with Gasteiger partial charge >= 0.3 is 5.97 Å². The first-order chi connectivity index (χ1) is 9.43. The molecule has 0 heterocycles. The second-order valence-electron chi connectivity index (χ2n) is 5.09. The van der Waals surface area contributed by atoms with Crippen LogP contribution < -0.4 is 5.32 Å². The molecule has 20 heavy (non-hydrogen) atoms. The Balaban J connectivity index is 2.69. The predicted molar refractivity (Wildman–Crippen MR) is 77.6 cm³/mol. The third-order valence-corrected chi connectivity index (χ3v) is 2.90. The van der Waals surface area contributed by atoms with Crippen molar-refractivity contribution in [2.75, 3.05) is 14.1 Å². The van der Waals surface area contributed by atoms with Crippen LogP contribution in [0.25, 0.3) is 0 Å². The van der Waals surface area contributed by atoms with Crippen LogP contribution >= 0.6 is 0 Å². The molecule has 1 aromatic rings. The molecule has 1 rings (SSSR count). The van der Waals surface area contributed by atoms with E-state index in [-0.39, 0.29) is 5.91 Å². The molecule has 0 saturated heterocycles. The number of carboxylic acids is 1. The first kappa shape index (κ1) is 16.2. The summed E-state index contributed by atoms with van der Waals surface area (Å²) >= 11 is 0. The summed E-state index contributed by atoms with van der Waals surface area (Å²) in [6.45, 7) is 2.69. The summed E-state index contributed by atoms with van der Waals surface area (Å²) in [5, 5.41) is 11.6. The molecule has 5 heteroatoms. The zero-order chi connectivity index (χ0) is 15.1. The van der Waals surface area contributed by atoms with Crippen molar-refractivity contribution in [3.8, 4) is 0 Å². The molecular weight excluding hydrogens is 256 g/mol. The average Bonchev–Trinajstić information content (AvgIpc) is 2.38. The standard InChI is InChI=1S/C15H22N2O3/c1-4-5-13(15(19)20)16-14(18)12-8-6-11(7-9-12)10-17(2)3/h6-9,13H,4-5,10H2,1-3H3,(H,16,18)(H,19,20). The minimum atomic E-state index is -0.996. The Hall–Kier alpha value is -1.88. The van der Waals surface area contributed by atoms with Gasteiger partial charge in [-0.05, 0) is 38.2 Å². The number of hydrogen-bond acceptors (Lipinski definition) is 3. The number of hydrogen-bond donors (Lipinski definition) is 2. The summed E-state index contributed by atoms with van der Waals surface area (Å²) in [6, 6.07) is 6.38. The Bertz CT molecular complexity index is 455. The minimum absolute atomic E-state index is 0.345. The Morgan fingerprint density at radius 2 is 1.85 bits per heavy atom. The maximum absolute atomic E-state index is 12.0. The fraction of sp³-hybridized carbons (Fsp3) is 0.467. The smallest absolute Gasteiger partial charge is 0.326 e. The van der Waals surface area contributed by atoms with Crippen LogP contribution in [-0.2, 0) is 11.3 Å². The van der Waals surface area contributed by atoms with Crippen molar-refractivity contribution in [1.29, 1.82) is 0 Å². The van der Waals surface area contributed by atoms with Crippen molar-refractivity contribution >= 4 is 11.9 Å². The van der Waals surface area contributed by atoms with E-state index in [1.807, 2.05) is 38.1 Å². The van der Waals surface area contributed by atoms with Gasteiger partial charge in [0.15, 0.2) is 0 Å². The molecule has 1 amide bonds. The van der Waals surface area contributed by atoms with Gasteiger partial charge in [-0.2, -0.15) is 0 Å². The van der Waals surface area contributed by atoms with Crippen LogP contribution in [0.5, 0.6) is 0 Å². The molecule has 5 nitrogen and oxygen atoms in total. The lowest BCUT2D eigenvalue weighted by molar-refractivity contribution is -0.139. The first-order valence-corrected chi connectivity index (χ1v) is 6.71. The Morgan fingerprint density at radius 3 is 2.30 bits per heavy atom. The molecule has 0 aliphatic heterocycles. The minimum Gasteiger partial charge on any atom is -0.480 e. The lowest BCUT2D eigenvalue weighted by Crippen LogP contribution is -2.40. The van der Waals surface area contributed by atoms with Gasteiger partial charge in [-0.1, -0.05) is 25.5 Å². The molecule has 1 unspecified atom stereocenters. The zero-order valence-corrected chi connectivity index (χ0v) is 12.2. The highest BCUT2D eigenvalue weighted by molar-refractivity contribution is 5.96. The van der Waals surface area contributed by atoms with Crippen molar-refractivity contribution in [1.82, 2.24) is 10.2 Å². The molecule has 0 fully saturated rings. The molecule has 0 bridgehead atoms. The van der Waals surface area contributed by atoms with E-state index >= 15 is 0 Å². The number of rotatable bonds is 7. The third kappa shape index (κ3) is 5.01. The highest BCUT2D eigenvalue weighted by atomic mass is 16.4. The second-order valence-corrected chi connectivity index (χ2v) is 5.09. The van der Waals surface area contributed by atoms with E-state index in [2.05, 4.69) is 5.32 Å². The van der Waals surface area contributed by atoms with E-state index in [1.165, 1.54) is 0 Å². The Morgan fingerprint density at radius 1 is 1.25 bits per heavy atom. The van der Waals surface area contributed by atoms with Crippen LogP contribution in [-0.4, -0.2) is 42.0 Å². The van der Waals surface area contributed by atoms with Crippen molar-refractivity contribution in [3.63, 3.8) is 0 Å². The Labute approximate surface area is 119 Å². The van der Waals surface area contributed by atoms with Crippen LogP contribution in [0, 0.1) is 0 Å². The zero-order valence-electron chi connectivity index (χ0n) is 12.2. The maximum atomic E-state index is 12.0. The summed E-state index contributed by atoms with van der Waals surface area (Å²) in [7, 11) is 3.95. The number of carbonyl (C=O) groups excluding carboxylic acids is 1. The van der Waals surface area contributed by atoms with Gasteiger partial charge in [0, 0.05) is 12.1 Å². The SMILES string of the molecule is CCCC(NC(=O)c1ccc(CN(C)C)cc1)C(=O)O. The number of nitrogens with one attached hydrogen (secondary N) is 1. The monoisotopic (exact) mass is 278 g/mol. The third-order valence-electron chi connectivity index (χ3n) is 2.90. The molecule has 0 spiro atoms. The molecule has 0 radical (unpaired) electrons. The first-order valence-electron chi connectivity index (χ1n) is 6.71. The van der Waals surface area contributed by atoms with E-state index < -0.39 is 12.0 Å². The number of carboxylic acid groups (broad SMARTS) is 1. The Kier molecular flexibility index (Phi) is 6.18.